The topological polar surface area (TPSA) is 99.9 Å². The third-order valence-corrected chi connectivity index (χ3v) is 6.35. The minimum Gasteiger partial charge on any atom is -0.496 e. The number of nitrogens with one attached hydrogen (secondary N) is 1. The summed E-state index contributed by atoms with van der Waals surface area (Å²) in [7, 11) is 4.63. The zero-order valence-corrected chi connectivity index (χ0v) is 21.8. The van der Waals surface area contributed by atoms with Crippen molar-refractivity contribution in [2.75, 3.05) is 27.1 Å². The number of aromatic nitrogens is 3. The molecule has 4 aromatic rings. The van der Waals surface area contributed by atoms with Crippen molar-refractivity contribution in [3.05, 3.63) is 77.9 Å². The Bertz CT molecular complexity index is 1360. The lowest BCUT2D eigenvalue weighted by atomic mass is 10.2. The molecule has 0 atom stereocenters. The van der Waals surface area contributed by atoms with Crippen LogP contribution in [0.2, 0.25) is 0 Å². The van der Waals surface area contributed by atoms with E-state index in [0.717, 1.165) is 16.8 Å². The SMILES string of the molecule is COc1cc(OC)c(/C=N/NC(=O)CSc2nnc(-c3ccccc3)n2-c2ccc(C)cc2)c(OC)c1. The number of thioether (sulfide) groups is 1. The average molecular weight is 518 g/mol. The molecule has 4 rings (SSSR count). The van der Waals surface area contributed by atoms with Gasteiger partial charge in [-0.3, -0.25) is 9.36 Å². The standard InChI is InChI=1S/C27H27N5O4S/c1-18-10-12-20(13-11-18)32-26(19-8-6-5-7-9-19)30-31-27(32)37-17-25(33)29-28-16-22-23(35-3)14-21(34-2)15-24(22)36-4/h5-16H,17H2,1-4H3,(H,29,33)/b28-16+. The van der Waals surface area contributed by atoms with E-state index in [1.807, 2.05) is 66.1 Å². The van der Waals surface area contributed by atoms with Crippen LogP contribution in [-0.4, -0.2) is 54.0 Å². The van der Waals surface area contributed by atoms with E-state index in [1.165, 1.54) is 32.2 Å². The van der Waals surface area contributed by atoms with Gasteiger partial charge in [-0.2, -0.15) is 5.10 Å². The number of aryl methyl sites for hydroxylation is 1. The van der Waals surface area contributed by atoms with Crippen LogP contribution in [-0.2, 0) is 4.79 Å². The Morgan fingerprint density at radius 2 is 1.65 bits per heavy atom. The number of rotatable bonds is 10. The van der Waals surface area contributed by atoms with Gasteiger partial charge < -0.3 is 14.2 Å². The van der Waals surface area contributed by atoms with Gasteiger partial charge in [0.05, 0.1) is 38.9 Å². The van der Waals surface area contributed by atoms with Crippen molar-refractivity contribution in [3.63, 3.8) is 0 Å². The second-order valence-electron chi connectivity index (χ2n) is 7.87. The molecule has 3 aromatic carbocycles. The van der Waals surface area contributed by atoms with E-state index < -0.39 is 0 Å². The predicted molar refractivity (Wildman–Crippen MR) is 144 cm³/mol. The van der Waals surface area contributed by atoms with Crippen molar-refractivity contribution in [1.29, 1.82) is 0 Å². The Kier molecular flexibility index (Phi) is 8.42. The second kappa shape index (κ2) is 12.1. The molecule has 10 heteroatoms. The van der Waals surface area contributed by atoms with Crippen molar-refractivity contribution >= 4 is 23.9 Å². The minimum absolute atomic E-state index is 0.0903. The summed E-state index contributed by atoms with van der Waals surface area (Å²) in [6.07, 6.45) is 1.47. The Morgan fingerprint density at radius 3 is 2.27 bits per heavy atom. The summed E-state index contributed by atoms with van der Waals surface area (Å²) >= 11 is 1.27. The van der Waals surface area contributed by atoms with Gasteiger partial charge in [0.1, 0.15) is 17.2 Å². The first kappa shape index (κ1) is 25.8. The summed E-state index contributed by atoms with van der Waals surface area (Å²) in [5.41, 5.74) is 6.11. The Labute approximate surface area is 219 Å². The molecule has 1 aromatic heterocycles. The molecule has 0 saturated heterocycles. The number of carbonyl (C=O) groups excluding carboxylic acids is 1. The minimum atomic E-state index is -0.299. The molecule has 0 unspecified atom stereocenters. The number of nitrogens with zero attached hydrogens (tertiary/aromatic N) is 4. The summed E-state index contributed by atoms with van der Waals surface area (Å²) in [6.45, 7) is 2.03. The molecule has 1 N–H and O–H groups in total. The number of hydrogen-bond donors (Lipinski definition) is 1. The summed E-state index contributed by atoms with van der Waals surface area (Å²) < 4.78 is 18.0. The van der Waals surface area contributed by atoms with Crippen LogP contribution in [0.5, 0.6) is 17.2 Å². The molecular formula is C27H27N5O4S. The van der Waals surface area contributed by atoms with Gasteiger partial charge in [0, 0.05) is 23.4 Å². The molecule has 1 heterocycles. The predicted octanol–water partition coefficient (Wildman–Crippen LogP) is 4.51. The fraction of sp³-hybridized carbons (Fsp3) is 0.185. The quantitative estimate of drug-likeness (QED) is 0.188. The molecule has 0 aliphatic rings. The number of hydrazone groups is 1. The van der Waals surface area contributed by atoms with Crippen LogP contribution in [0.25, 0.3) is 17.1 Å². The second-order valence-corrected chi connectivity index (χ2v) is 8.81. The molecule has 37 heavy (non-hydrogen) atoms. The maximum absolute atomic E-state index is 12.6. The van der Waals surface area contributed by atoms with E-state index in [0.29, 0.717) is 33.8 Å². The number of hydrogen-bond acceptors (Lipinski definition) is 8. The molecule has 0 aliphatic heterocycles. The van der Waals surface area contributed by atoms with E-state index in [1.54, 1.807) is 19.2 Å². The van der Waals surface area contributed by atoms with Crippen molar-refractivity contribution < 1.29 is 19.0 Å². The monoisotopic (exact) mass is 517 g/mol. The maximum Gasteiger partial charge on any atom is 0.250 e. The first-order chi connectivity index (χ1) is 18.0. The summed E-state index contributed by atoms with van der Waals surface area (Å²) in [6, 6.07) is 21.3. The largest absolute Gasteiger partial charge is 0.496 e. The van der Waals surface area contributed by atoms with Crippen molar-refractivity contribution in [2.45, 2.75) is 12.1 Å². The fourth-order valence-electron chi connectivity index (χ4n) is 3.56. The highest BCUT2D eigenvalue weighted by Gasteiger charge is 2.17. The van der Waals surface area contributed by atoms with Gasteiger partial charge in [0.15, 0.2) is 11.0 Å². The first-order valence-electron chi connectivity index (χ1n) is 11.4. The van der Waals surface area contributed by atoms with Gasteiger partial charge in [0.2, 0.25) is 0 Å². The third kappa shape index (κ3) is 6.10. The molecule has 0 radical (unpaired) electrons. The van der Waals surface area contributed by atoms with E-state index in [-0.39, 0.29) is 11.7 Å². The normalized spacial score (nSPS) is 10.9. The van der Waals surface area contributed by atoms with Crippen LogP contribution in [0.1, 0.15) is 11.1 Å². The average Bonchev–Trinajstić information content (AvgIpc) is 3.36. The van der Waals surface area contributed by atoms with Crippen LogP contribution < -0.4 is 19.6 Å². The highest BCUT2D eigenvalue weighted by molar-refractivity contribution is 7.99. The molecule has 9 nitrogen and oxygen atoms in total. The number of carbonyl (C=O) groups is 1. The molecule has 0 bridgehead atoms. The molecular weight excluding hydrogens is 490 g/mol. The van der Waals surface area contributed by atoms with Crippen LogP contribution in [0.4, 0.5) is 0 Å². The number of amides is 1. The number of methoxy groups -OCH3 is 3. The van der Waals surface area contributed by atoms with Gasteiger partial charge in [-0.1, -0.05) is 59.8 Å². The molecule has 1 amide bonds. The fourth-order valence-corrected chi connectivity index (χ4v) is 4.30. The highest BCUT2D eigenvalue weighted by Crippen LogP contribution is 2.32. The van der Waals surface area contributed by atoms with Crippen molar-refractivity contribution in [3.8, 4) is 34.3 Å². The van der Waals surface area contributed by atoms with E-state index in [9.17, 15) is 4.79 Å². The van der Waals surface area contributed by atoms with E-state index in [4.69, 9.17) is 14.2 Å². The zero-order chi connectivity index (χ0) is 26.2. The van der Waals surface area contributed by atoms with Crippen LogP contribution in [0, 0.1) is 6.92 Å². The van der Waals surface area contributed by atoms with E-state index >= 15 is 0 Å². The van der Waals surface area contributed by atoms with Gasteiger partial charge in [0.25, 0.3) is 5.91 Å². The van der Waals surface area contributed by atoms with E-state index in [2.05, 4.69) is 20.7 Å². The van der Waals surface area contributed by atoms with Crippen molar-refractivity contribution in [1.82, 2.24) is 20.2 Å². The summed E-state index contributed by atoms with van der Waals surface area (Å²) in [5, 5.41) is 13.5. The third-order valence-electron chi connectivity index (χ3n) is 5.43. The van der Waals surface area contributed by atoms with Gasteiger partial charge >= 0.3 is 0 Å². The summed E-state index contributed by atoms with van der Waals surface area (Å²) in [5.74, 6) is 2.08. The Morgan fingerprint density at radius 1 is 0.973 bits per heavy atom. The molecule has 0 spiro atoms. The zero-order valence-electron chi connectivity index (χ0n) is 21.0. The lowest BCUT2D eigenvalue weighted by Gasteiger charge is -2.12. The number of ether oxygens (including phenoxy) is 3. The lowest BCUT2D eigenvalue weighted by molar-refractivity contribution is -0.118. The van der Waals surface area contributed by atoms with Crippen LogP contribution >= 0.6 is 11.8 Å². The van der Waals surface area contributed by atoms with Crippen LogP contribution in [0.3, 0.4) is 0 Å². The maximum atomic E-state index is 12.6. The van der Waals surface area contributed by atoms with Crippen molar-refractivity contribution in [2.24, 2.45) is 5.10 Å². The smallest absolute Gasteiger partial charge is 0.250 e. The lowest BCUT2D eigenvalue weighted by Crippen LogP contribution is -2.20. The molecule has 0 saturated carbocycles. The van der Waals surface area contributed by atoms with Gasteiger partial charge in [-0.25, -0.2) is 5.43 Å². The molecule has 190 valence electrons. The summed E-state index contributed by atoms with van der Waals surface area (Å²) in [4.78, 5) is 12.6. The van der Waals surface area contributed by atoms with Gasteiger partial charge in [-0.15, -0.1) is 10.2 Å². The Hall–Kier alpha value is -4.31. The number of benzene rings is 3. The highest BCUT2D eigenvalue weighted by atomic mass is 32.2. The Balaban J connectivity index is 1.50. The molecule has 0 fully saturated rings. The van der Waals surface area contributed by atoms with Crippen LogP contribution in [0.15, 0.2) is 77.0 Å². The van der Waals surface area contributed by atoms with Gasteiger partial charge in [-0.05, 0) is 19.1 Å². The first-order valence-corrected chi connectivity index (χ1v) is 12.3. The molecule has 0 aliphatic carbocycles.